The number of rotatable bonds is 5. The van der Waals surface area contributed by atoms with Crippen molar-refractivity contribution in [2.75, 3.05) is 17.4 Å². The number of hydrogen-bond donors (Lipinski definition) is 3. The predicted octanol–water partition coefficient (Wildman–Crippen LogP) is 0.627. The zero-order valence-corrected chi connectivity index (χ0v) is 12.5. The second-order valence-electron chi connectivity index (χ2n) is 3.81. The van der Waals surface area contributed by atoms with Gasteiger partial charge in [-0.3, -0.25) is 9.00 Å². The van der Waals surface area contributed by atoms with E-state index in [1.165, 1.54) is 6.20 Å². The van der Waals surface area contributed by atoms with Gasteiger partial charge in [0.2, 0.25) is 0 Å². The van der Waals surface area contributed by atoms with Crippen molar-refractivity contribution in [3.05, 3.63) is 22.3 Å². The lowest BCUT2D eigenvalue weighted by Crippen LogP contribution is -2.36. The van der Waals surface area contributed by atoms with Crippen molar-refractivity contribution in [3.8, 4) is 0 Å². The van der Waals surface area contributed by atoms with Crippen LogP contribution in [-0.2, 0) is 10.8 Å². The van der Waals surface area contributed by atoms with Gasteiger partial charge in [-0.1, -0.05) is 0 Å². The SMILES string of the molecule is CC(CS(C)=O)NC(=O)c1cc(Br)cnc1NN. The Labute approximate surface area is 116 Å². The molecule has 0 radical (unpaired) electrons. The highest BCUT2D eigenvalue weighted by atomic mass is 79.9. The summed E-state index contributed by atoms with van der Waals surface area (Å²) < 4.78 is 11.7. The number of anilines is 1. The van der Waals surface area contributed by atoms with Gasteiger partial charge in [0, 0.05) is 39.5 Å². The number of hydrogen-bond acceptors (Lipinski definition) is 5. The molecule has 100 valence electrons. The minimum Gasteiger partial charge on any atom is -0.349 e. The molecule has 1 amide bonds. The Morgan fingerprint density at radius 1 is 1.67 bits per heavy atom. The molecule has 0 aromatic carbocycles. The average molecular weight is 335 g/mol. The molecule has 1 heterocycles. The Kier molecular flexibility index (Phi) is 5.70. The maximum absolute atomic E-state index is 12.0. The molecule has 0 fully saturated rings. The minimum absolute atomic E-state index is 0.187. The lowest BCUT2D eigenvalue weighted by molar-refractivity contribution is 0.0944. The largest absolute Gasteiger partial charge is 0.349 e. The van der Waals surface area contributed by atoms with Crippen molar-refractivity contribution >= 4 is 38.5 Å². The van der Waals surface area contributed by atoms with Crippen molar-refractivity contribution in [2.45, 2.75) is 13.0 Å². The van der Waals surface area contributed by atoms with E-state index in [0.29, 0.717) is 21.6 Å². The van der Waals surface area contributed by atoms with E-state index in [0.717, 1.165) is 0 Å². The van der Waals surface area contributed by atoms with Crippen LogP contribution in [0.1, 0.15) is 17.3 Å². The quantitative estimate of drug-likeness (QED) is 0.542. The smallest absolute Gasteiger partial charge is 0.255 e. The third-order valence-electron chi connectivity index (χ3n) is 2.10. The first-order valence-corrected chi connectivity index (χ1v) is 7.69. The number of aromatic nitrogens is 1. The first-order chi connectivity index (χ1) is 8.43. The summed E-state index contributed by atoms with van der Waals surface area (Å²) in [6.07, 6.45) is 3.13. The number of pyridine rings is 1. The number of nitrogen functional groups attached to an aromatic ring is 1. The van der Waals surface area contributed by atoms with Gasteiger partial charge >= 0.3 is 0 Å². The van der Waals surface area contributed by atoms with E-state index in [1.807, 2.05) is 0 Å². The van der Waals surface area contributed by atoms with E-state index in [2.05, 4.69) is 31.7 Å². The van der Waals surface area contributed by atoms with Crippen LogP contribution >= 0.6 is 15.9 Å². The van der Waals surface area contributed by atoms with Gasteiger partial charge in [0.25, 0.3) is 5.91 Å². The van der Waals surface area contributed by atoms with Crippen molar-refractivity contribution in [1.29, 1.82) is 0 Å². The fourth-order valence-electron chi connectivity index (χ4n) is 1.42. The highest BCUT2D eigenvalue weighted by Crippen LogP contribution is 2.17. The molecular formula is C10H15BrN4O2S. The zero-order valence-electron chi connectivity index (χ0n) is 10.1. The first kappa shape index (κ1) is 15.1. The summed E-state index contributed by atoms with van der Waals surface area (Å²) >= 11 is 3.24. The Morgan fingerprint density at radius 3 is 2.89 bits per heavy atom. The van der Waals surface area contributed by atoms with Gasteiger partial charge in [0.1, 0.15) is 0 Å². The highest BCUT2D eigenvalue weighted by Gasteiger charge is 2.15. The number of carbonyl (C=O) groups excluding carboxylic acids is 1. The maximum Gasteiger partial charge on any atom is 0.255 e. The lowest BCUT2D eigenvalue weighted by atomic mass is 10.2. The normalized spacial score (nSPS) is 13.8. The minimum atomic E-state index is -0.960. The van der Waals surface area contributed by atoms with E-state index in [9.17, 15) is 9.00 Å². The Morgan fingerprint density at radius 2 is 2.33 bits per heavy atom. The molecule has 2 unspecified atom stereocenters. The molecule has 4 N–H and O–H groups in total. The molecule has 2 atom stereocenters. The van der Waals surface area contributed by atoms with E-state index >= 15 is 0 Å². The van der Waals surface area contributed by atoms with Gasteiger partial charge in [0.15, 0.2) is 5.82 Å². The highest BCUT2D eigenvalue weighted by molar-refractivity contribution is 9.10. The third kappa shape index (κ3) is 4.35. The fourth-order valence-corrected chi connectivity index (χ4v) is 2.54. The molecule has 0 aliphatic rings. The van der Waals surface area contributed by atoms with Crippen LogP contribution in [-0.4, -0.2) is 33.2 Å². The van der Waals surface area contributed by atoms with E-state index in [1.54, 1.807) is 19.2 Å². The molecule has 1 aromatic heterocycles. The van der Waals surface area contributed by atoms with Gasteiger partial charge in [-0.15, -0.1) is 0 Å². The summed E-state index contributed by atoms with van der Waals surface area (Å²) in [6, 6.07) is 1.43. The summed E-state index contributed by atoms with van der Waals surface area (Å²) in [5.41, 5.74) is 2.70. The molecule has 1 rings (SSSR count). The predicted molar refractivity (Wildman–Crippen MR) is 75.6 cm³/mol. The van der Waals surface area contributed by atoms with E-state index < -0.39 is 10.8 Å². The lowest BCUT2D eigenvalue weighted by Gasteiger charge is -2.14. The zero-order chi connectivity index (χ0) is 13.7. The first-order valence-electron chi connectivity index (χ1n) is 5.17. The number of hydrazine groups is 1. The van der Waals surface area contributed by atoms with Gasteiger partial charge < -0.3 is 10.7 Å². The molecule has 0 aliphatic carbocycles. The average Bonchev–Trinajstić information content (AvgIpc) is 2.27. The van der Waals surface area contributed by atoms with Crippen LogP contribution in [0.4, 0.5) is 5.82 Å². The molecular weight excluding hydrogens is 320 g/mol. The van der Waals surface area contributed by atoms with Gasteiger partial charge in [0.05, 0.1) is 5.56 Å². The maximum atomic E-state index is 12.0. The van der Waals surface area contributed by atoms with E-state index in [4.69, 9.17) is 5.84 Å². The van der Waals surface area contributed by atoms with Gasteiger partial charge in [-0.05, 0) is 28.9 Å². The van der Waals surface area contributed by atoms with Crippen LogP contribution in [0.5, 0.6) is 0 Å². The molecule has 18 heavy (non-hydrogen) atoms. The van der Waals surface area contributed by atoms with Crippen LogP contribution in [0.3, 0.4) is 0 Å². The fraction of sp³-hybridized carbons (Fsp3) is 0.400. The van der Waals surface area contributed by atoms with Crippen LogP contribution in [0.25, 0.3) is 0 Å². The summed E-state index contributed by atoms with van der Waals surface area (Å²) in [5, 5.41) is 2.74. The summed E-state index contributed by atoms with van der Waals surface area (Å²) in [7, 11) is -0.960. The van der Waals surface area contributed by atoms with Crippen molar-refractivity contribution < 1.29 is 9.00 Å². The Bertz CT molecular complexity index is 469. The number of nitrogens with zero attached hydrogens (tertiary/aromatic N) is 1. The number of amides is 1. The molecule has 0 aliphatic heterocycles. The number of carbonyl (C=O) groups is 1. The Hall–Kier alpha value is -0.990. The summed E-state index contributed by atoms with van der Waals surface area (Å²) in [5.74, 6) is 5.68. The van der Waals surface area contributed by atoms with Crippen molar-refractivity contribution in [3.63, 3.8) is 0 Å². The summed E-state index contributed by atoms with van der Waals surface area (Å²) in [6.45, 7) is 1.79. The second-order valence-corrected chi connectivity index (χ2v) is 6.20. The van der Waals surface area contributed by atoms with Crippen LogP contribution in [0, 0.1) is 0 Å². The Balaban J connectivity index is 2.83. The second kappa shape index (κ2) is 6.81. The molecule has 0 bridgehead atoms. The van der Waals surface area contributed by atoms with Crippen molar-refractivity contribution in [2.24, 2.45) is 5.84 Å². The topological polar surface area (TPSA) is 97.1 Å². The van der Waals surface area contributed by atoms with Crippen LogP contribution < -0.4 is 16.6 Å². The van der Waals surface area contributed by atoms with Gasteiger partial charge in [-0.25, -0.2) is 10.8 Å². The monoisotopic (exact) mass is 334 g/mol. The van der Waals surface area contributed by atoms with Crippen molar-refractivity contribution in [1.82, 2.24) is 10.3 Å². The van der Waals surface area contributed by atoms with E-state index in [-0.39, 0.29) is 11.9 Å². The number of nitrogens with two attached hydrogens (primary N) is 1. The molecule has 8 heteroatoms. The molecule has 6 nitrogen and oxygen atoms in total. The molecule has 0 saturated carbocycles. The third-order valence-corrected chi connectivity index (χ3v) is 3.50. The molecule has 0 spiro atoms. The summed E-state index contributed by atoms with van der Waals surface area (Å²) in [4.78, 5) is 16.0. The number of nitrogens with one attached hydrogen (secondary N) is 2. The molecule has 1 aromatic rings. The number of halogens is 1. The standard InChI is InChI=1S/C10H15BrN4O2S/c1-6(5-18(2)17)14-10(16)8-3-7(11)4-13-9(8)15-12/h3-4,6H,5,12H2,1-2H3,(H,13,15)(H,14,16). The van der Waals surface area contributed by atoms with Gasteiger partial charge in [-0.2, -0.15) is 0 Å². The van der Waals surface area contributed by atoms with Crippen LogP contribution in [0.2, 0.25) is 0 Å². The molecule has 0 saturated heterocycles. The van der Waals surface area contributed by atoms with Crippen LogP contribution in [0.15, 0.2) is 16.7 Å².